The zero-order valence-electron chi connectivity index (χ0n) is 7.54. The lowest BCUT2D eigenvalue weighted by atomic mass is 10.00. The summed E-state index contributed by atoms with van der Waals surface area (Å²) in [5.74, 6) is 0.741. The maximum atomic E-state index is 4.25. The van der Waals surface area contributed by atoms with Crippen molar-refractivity contribution >= 4 is 15.9 Å². The molecule has 0 bridgehead atoms. The number of hydrogen-bond acceptors (Lipinski definition) is 2. The fraction of sp³-hybridized carbons (Fsp3) is 0.667. The highest BCUT2D eigenvalue weighted by molar-refractivity contribution is 9.10. The third-order valence-electron chi connectivity index (χ3n) is 2.49. The van der Waals surface area contributed by atoms with Crippen molar-refractivity contribution in [3.8, 4) is 0 Å². The van der Waals surface area contributed by atoms with Gasteiger partial charge in [-0.2, -0.15) is 5.10 Å². The average molecular weight is 244 g/mol. The van der Waals surface area contributed by atoms with E-state index >= 15 is 0 Å². The summed E-state index contributed by atoms with van der Waals surface area (Å²) < 4.78 is 3.11. The normalized spacial score (nSPS) is 23.3. The third kappa shape index (κ3) is 2.31. The number of nitrogens with one attached hydrogen (secondary N) is 1. The topological polar surface area (TPSA) is 29.9 Å². The molecule has 1 aromatic heterocycles. The Hall–Kier alpha value is -0.350. The van der Waals surface area contributed by atoms with Gasteiger partial charge in [0.15, 0.2) is 0 Å². The molecule has 1 N–H and O–H groups in total. The van der Waals surface area contributed by atoms with Crippen molar-refractivity contribution in [3.63, 3.8) is 0 Å². The first-order chi connectivity index (χ1) is 6.36. The molecule has 0 aliphatic carbocycles. The highest BCUT2D eigenvalue weighted by atomic mass is 79.9. The van der Waals surface area contributed by atoms with E-state index in [0.717, 1.165) is 23.6 Å². The van der Waals surface area contributed by atoms with Gasteiger partial charge in [-0.1, -0.05) is 0 Å². The largest absolute Gasteiger partial charge is 0.316 e. The Labute approximate surface area is 86.6 Å². The monoisotopic (exact) mass is 243 g/mol. The summed E-state index contributed by atoms with van der Waals surface area (Å²) in [6.07, 6.45) is 4.45. The molecule has 1 saturated heterocycles. The van der Waals surface area contributed by atoms with E-state index in [9.17, 15) is 0 Å². The van der Waals surface area contributed by atoms with Crippen LogP contribution in [0.5, 0.6) is 0 Å². The predicted octanol–water partition coefficient (Wildman–Crippen LogP) is 1.65. The van der Waals surface area contributed by atoms with Gasteiger partial charge in [0.05, 0.1) is 6.20 Å². The summed E-state index contributed by atoms with van der Waals surface area (Å²) in [4.78, 5) is 0. The van der Waals surface area contributed by atoms with E-state index < -0.39 is 0 Å². The quantitative estimate of drug-likeness (QED) is 0.857. The minimum atomic E-state index is 0.741. The molecule has 13 heavy (non-hydrogen) atoms. The summed E-state index contributed by atoms with van der Waals surface area (Å²) in [7, 11) is 0. The van der Waals surface area contributed by atoms with Crippen molar-refractivity contribution in [2.75, 3.05) is 13.1 Å². The van der Waals surface area contributed by atoms with Crippen LogP contribution in [0.2, 0.25) is 0 Å². The highest BCUT2D eigenvalue weighted by Crippen LogP contribution is 2.15. The molecular weight excluding hydrogens is 230 g/mol. The van der Waals surface area contributed by atoms with Gasteiger partial charge >= 0.3 is 0 Å². The summed E-state index contributed by atoms with van der Waals surface area (Å²) in [5, 5.41) is 7.66. The van der Waals surface area contributed by atoms with Gasteiger partial charge in [0.1, 0.15) is 4.60 Å². The smallest absolute Gasteiger partial charge is 0.104 e. The fourth-order valence-corrected chi connectivity index (χ4v) is 2.13. The van der Waals surface area contributed by atoms with Crippen LogP contribution in [0.1, 0.15) is 12.8 Å². The summed E-state index contributed by atoms with van der Waals surface area (Å²) in [5.41, 5.74) is 0. The van der Waals surface area contributed by atoms with Crippen molar-refractivity contribution in [2.45, 2.75) is 19.4 Å². The lowest BCUT2D eigenvalue weighted by molar-refractivity contribution is 0.323. The Bertz CT molecular complexity index is 266. The van der Waals surface area contributed by atoms with E-state index in [4.69, 9.17) is 0 Å². The molecule has 2 rings (SSSR count). The Balaban J connectivity index is 1.93. The molecule has 0 amide bonds. The van der Waals surface area contributed by atoms with Crippen LogP contribution >= 0.6 is 15.9 Å². The van der Waals surface area contributed by atoms with E-state index in [1.54, 1.807) is 0 Å². The molecule has 0 radical (unpaired) electrons. The first-order valence-electron chi connectivity index (χ1n) is 4.74. The Morgan fingerprint density at radius 2 is 2.62 bits per heavy atom. The standard InChI is InChI=1S/C9H14BrN3/c10-9-3-5-12-13(9)7-8-2-1-4-11-6-8/h3,5,8,11H,1-2,4,6-7H2. The molecule has 1 aliphatic heterocycles. The van der Waals surface area contributed by atoms with Crippen molar-refractivity contribution in [1.29, 1.82) is 0 Å². The summed E-state index contributed by atoms with van der Waals surface area (Å²) in [6.45, 7) is 3.34. The van der Waals surface area contributed by atoms with Gasteiger partial charge in [-0.05, 0) is 53.8 Å². The van der Waals surface area contributed by atoms with E-state index in [2.05, 4.69) is 26.3 Å². The maximum Gasteiger partial charge on any atom is 0.104 e. The second kappa shape index (κ2) is 4.24. The first kappa shape index (κ1) is 9.21. The van der Waals surface area contributed by atoms with Crippen LogP contribution in [-0.4, -0.2) is 22.9 Å². The lowest BCUT2D eigenvalue weighted by Gasteiger charge is -2.22. The second-order valence-corrected chi connectivity index (χ2v) is 4.36. The third-order valence-corrected chi connectivity index (χ3v) is 3.17. The van der Waals surface area contributed by atoms with Crippen molar-refractivity contribution in [3.05, 3.63) is 16.9 Å². The molecule has 3 nitrogen and oxygen atoms in total. The fourth-order valence-electron chi connectivity index (χ4n) is 1.78. The molecule has 1 aliphatic rings. The van der Waals surface area contributed by atoms with Crippen LogP contribution in [0.15, 0.2) is 16.9 Å². The van der Waals surface area contributed by atoms with Crippen molar-refractivity contribution < 1.29 is 0 Å². The molecule has 2 heterocycles. The molecule has 0 spiro atoms. The summed E-state index contributed by atoms with van der Waals surface area (Å²) >= 11 is 3.47. The van der Waals surface area contributed by atoms with E-state index in [1.165, 1.54) is 19.4 Å². The maximum absolute atomic E-state index is 4.25. The number of piperidine rings is 1. The number of hydrogen-bond donors (Lipinski definition) is 1. The second-order valence-electron chi connectivity index (χ2n) is 3.55. The minimum Gasteiger partial charge on any atom is -0.316 e. The molecule has 0 aromatic carbocycles. The van der Waals surface area contributed by atoms with Gasteiger partial charge < -0.3 is 5.32 Å². The number of rotatable bonds is 2. The predicted molar refractivity (Wildman–Crippen MR) is 55.5 cm³/mol. The van der Waals surface area contributed by atoms with Gasteiger partial charge in [-0.15, -0.1) is 0 Å². The first-order valence-corrected chi connectivity index (χ1v) is 5.53. The SMILES string of the molecule is Brc1ccnn1CC1CCCNC1. The van der Waals surface area contributed by atoms with Crippen LogP contribution in [0, 0.1) is 5.92 Å². The van der Waals surface area contributed by atoms with Gasteiger partial charge in [0, 0.05) is 6.54 Å². The molecule has 72 valence electrons. The minimum absolute atomic E-state index is 0.741. The highest BCUT2D eigenvalue weighted by Gasteiger charge is 2.14. The zero-order valence-corrected chi connectivity index (χ0v) is 9.13. The summed E-state index contributed by atoms with van der Waals surface area (Å²) in [6, 6.07) is 1.98. The Kier molecular flexibility index (Phi) is 3.01. The molecule has 0 saturated carbocycles. The number of halogens is 1. The number of nitrogens with zero attached hydrogens (tertiary/aromatic N) is 2. The molecule has 4 heteroatoms. The average Bonchev–Trinajstić information content (AvgIpc) is 2.54. The van der Waals surface area contributed by atoms with E-state index in [0.29, 0.717) is 0 Å². The molecular formula is C9H14BrN3. The van der Waals surface area contributed by atoms with E-state index in [-0.39, 0.29) is 0 Å². The van der Waals surface area contributed by atoms with E-state index in [1.807, 2.05) is 16.9 Å². The van der Waals surface area contributed by atoms with Crippen LogP contribution in [-0.2, 0) is 6.54 Å². The zero-order chi connectivity index (χ0) is 9.10. The lowest BCUT2D eigenvalue weighted by Crippen LogP contribution is -2.32. The Morgan fingerprint density at radius 1 is 1.69 bits per heavy atom. The van der Waals surface area contributed by atoms with Crippen LogP contribution in [0.3, 0.4) is 0 Å². The molecule has 1 unspecified atom stereocenters. The molecule has 1 fully saturated rings. The van der Waals surface area contributed by atoms with Gasteiger partial charge in [0.25, 0.3) is 0 Å². The molecule has 1 aromatic rings. The Morgan fingerprint density at radius 3 is 3.23 bits per heavy atom. The van der Waals surface area contributed by atoms with Gasteiger partial charge in [-0.3, -0.25) is 4.68 Å². The van der Waals surface area contributed by atoms with Gasteiger partial charge in [0.2, 0.25) is 0 Å². The van der Waals surface area contributed by atoms with Crippen molar-refractivity contribution in [2.24, 2.45) is 5.92 Å². The van der Waals surface area contributed by atoms with Crippen LogP contribution < -0.4 is 5.32 Å². The van der Waals surface area contributed by atoms with Crippen LogP contribution in [0.25, 0.3) is 0 Å². The van der Waals surface area contributed by atoms with Crippen molar-refractivity contribution in [1.82, 2.24) is 15.1 Å². The molecule has 1 atom stereocenters. The van der Waals surface area contributed by atoms with Crippen LogP contribution in [0.4, 0.5) is 0 Å². The van der Waals surface area contributed by atoms with Gasteiger partial charge in [-0.25, -0.2) is 0 Å². The number of aromatic nitrogens is 2.